The number of nitrogens with one attached hydrogen (secondary N) is 1. The van der Waals surface area contributed by atoms with E-state index in [4.69, 9.17) is 9.63 Å². The molecule has 0 radical (unpaired) electrons. The van der Waals surface area contributed by atoms with Crippen LogP contribution in [-0.4, -0.2) is 27.8 Å². The first-order valence-corrected chi connectivity index (χ1v) is 10.8. The Morgan fingerprint density at radius 1 is 1.03 bits per heavy atom. The Hall–Kier alpha value is -4.49. The van der Waals surface area contributed by atoms with E-state index in [1.54, 1.807) is 24.3 Å². The summed E-state index contributed by atoms with van der Waals surface area (Å²) in [5, 5.41) is 24.9. The number of rotatable bonds is 8. The summed E-state index contributed by atoms with van der Waals surface area (Å²) >= 11 is 0. The van der Waals surface area contributed by atoms with Gasteiger partial charge in [-0.1, -0.05) is 53.7 Å². The number of carboxylic acids is 1. The van der Waals surface area contributed by atoms with Crippen molar-refractivity contribution >= 4 is 5.97 Å². The van der Waals surface area contributed by atoms with Gasteiger partial charge in [-0.05, 0) is 29.3 Å². The van der Waals surface area contributed by atoms with Crippen molar-refractivity contribution in [2.45, 2.75) is 19.1 Å². The molecule has 0 fully saturated rings. The van der Waals surface area contributed by atoms with Crippen LogP contribution < -0.4 is 5.32 Å². The molecule has 0 spiro atoms. The monoisotopic (exact) mass is 492 g/mol. The number of hydrogen-bond donors (Lipinski definition) is 2. The molecule has 1 heterocycles. The van der Waals surface area contributed by atoms with E-state index in [-0.39, 0.29) is 40.4 Å². The minimum Gasteiger partial charge on any atom is -0.481 e. The quantitative estimate of drug-likeness (QED) is 0.311. The molecule has 0 atom stereocenters. The number of benzene rings is 3. The number of aliphatic carboxylic acids is 1. The summed E-state index contributed by atoms with van der Waals surface area (Å²) in [5.74, 6) is -0.743. The van der Waals surface area contributed by atoms with E-state index in [1.807, 2.05) is 18.2 Å². The number of aromatic nitrogens is 2. The first-order chi connectivity index (χ1) is 17.3. The topological polar surface area (TPSA) is 112 Å². The molecule has 3 aromatic carbocycles. The van der Waals surface area contributed by atoms with Crippen LogP contribution in [0.15, 0.2) is 71.3 Å². The number of nitrogens with zero attached hydrogens (tertiary/aromatic N) is 3. The first-order valence-electron chi connectivity index (χ1n) is 10.8. The number of alkyl halides is 3. The number of halogens is 3. The summed E-state index contributed by atoms with van der Waals surface area (Å²) in [7, 11) is 0. The molecular weight excluding hydrogens is 473 g/mol. The molecule has 0 aliphatic rings. The van der Waals surface area contributed by atoms with E-state index in [1.165, 1.54) is 24.3 Å². The zero-order chi connectivity index (χ0) is 25.7. The van der Waals surface area contributed by atoms with Gasteiger partial charge in [0.1, 0.15) is 0 Å². The van der Waals surface area contributed by atoms with Crippen LogP contribution in [0.25, 0.3) is 34.0 Å². The van der Waals surface area contributed by atoms with Crippen LogP contribution in [0.3, 0.4) is 0 Å². The van der Waals surface area contributed by atoms with E-state index >= 15 is 0 Å². The summed E-state index contributed by atoms with van der Waals surface area (Å²) in [6.07, 6.45) is -4.66. The van der Waals surface area contributed by atoms with Gasteiger partial charge >= 0.3 is 12.1 Å². The summed E-state index contributed by atoms with van der Waals surface area (Å²) < 4.78 is 47.1. The number of hydrogen-bond acceptors (Lipinski definition) is 6. The van der Waals surface area contributed by atoms with Gasteiger partial charge < -0.3 is 14.9 Å². The van der Waals surface area contributed by atoms with Crippen molar-refractivity contribution in [2.24, 2.45) is 0 Å². The third kappa shape index (κ3) is 5.59. The molecule has 0 aliphatic carbocycles. The summed E-state index contributed by atoms with van der Waals surface area (Å²) in [4.78, 5) is 14.8. The van der Waals surface area contributed by atoms with Gasteiger partial charge in [0.25, 0.3) is 5.89 Å². The Morgan fingerprint density at radius 2 is 1.75 bits per heavy atom. The van der Waals surface area contributed by atoms with Gasteiger partial charge in [0, 0.05) is 29.8 Å². The Bertz CT molecular complexity index is 1420. The fraction of sp³-hybridized carbons (Fsp3) is 0.154. The van der Waals surface area contributed by atoms with Crippen molar-refractivity contribution in [1.29, 1.82) is 5.26 Å². The number of carbonyl (C=O) groups is 1. The van der Waals surface area contributed by atoms with Crippen molar-refractivity contribution in [3.8, 4) is 40.0 Å². The average Bonchev–Trinajstić information content (AvgIpc) is 3.36. The smallest absolute Gasteiger partial charge is 0.417 e. The molecule has 0 bridgehead atoms. The molecule has 7 nitrogen and oxygen atoms in total. The van der Waals surface area contributed by atoms with Crippen LogP contribution >= 0.6 is 0 Å². The fourth-order valence-corrected chi connectivity index (χ4v) is 3.62. The maximum Gasteiger partial charge on any atom is 0.417 e. The average molecular weight is 492 g/mol. The second-order valence-electron chi connectivity index (χ2n) is 7.86. The molecule has 1 aromatic heterocycles. The number of carboxylic acid groups (broad SMARTS) is 1. The van der Waals surface area contributed by atoms with Gasteiger partial charge in [0.15, 0.2) is 0 Å². The summed E-state index contributed by atoms with van der Waals surface area (Å²) in [6.45, 7) is 0.818. The molecule has 0 amide bonds. The van der Waals surface area contributed by atoms with Crippen molar-refractivity contribution in [2.75, 3.05) is 6.54 Å². The van der Waals surface area contributed by atoms with Gasteiger partial charge in [0.05, 0.1) is 23.6 Å². The lowest BCUT2D eigenvalue weighted by Crippen LogP contribution is -2.17. The SMILES string of the molecule is N#Cc1ccccc1-c1ccc(-c2nc(-c3ccc(CNCCC(=O)O)cc3)no2)cc1C(F)(F)F. The van der Waals surface area contributed by atoms with Crippen molar-refractivity contribution < 1.29 is 27.6 Å². The van der Waals surface area contributed by atoms with Gasteiger partial charge in [-0.15, -0.1) is 0 Å². The van der Waals surface area contributed by atoms with E-state index < -0.39 is 17.7 Å². The normalized spacial score (nSPS) is 11.3. The van der Waals surface area contributed by atoms with Crippen molar-refractivity contribution in [1.82, 2.24) is 15.5 Å². The minimum absolute atomic E-state index is 0.0194. The third-order valence-corrected chi connectivity index (χ3v) is 5.39. The highest BCUT2D eigenvalue weighted by molar-refractivity contribution is 5.76. The lowest BCUT2D eigenvalue weighted by atomic mass is 9.94. The highest BCUT2D eigenvalue weighted by atomic mass is 19.4. The third-order valence-electron chi connectivity index (χ3n) is 5.39. The van der Waals surface area contributed by atoms with E-state index in [0.717, 1.165) is 11.6 Å². The van der Waals surface area contributed by atoms with Crippen LogP contribution in [0.1, 0.15) is 23.1 Å². The largest absolute Gasteiger partial charge is 0.481 e. The Morgan fingerprint density at radius 3 is 2.44 bits per heavy atom. The van der Waals surface area contributed by atoms with Gasteiger partial charge in [0.2, 0.25) is 5.82 Å². The highest BCUT2D eigenvalue weighted by Gasteiger charge is 2.35. The molecule has 182 valence electrons. The zero-order valence-electron chi connectivity index (χ0n) is 18.7. The lowest BCUT2D eigenvalue weighted by molar-refractivity contribution is -0.137. The minimum atomic E-state index is -4.68. The molecule has 4 rings (SSSR count). The zero-order valence-corrected chi connectivity index (χ0v) is 18.7. The number of nitriles is 1. The molecule has 0 aliphatic heterocycles. The predicted octanol–water partition coefficient (Wildman–Crippen LogP) is 5.53. The van der Waals surface area contributed by atoms with Crippen LogP contribution in [0.5, 0.6) is 0 Å². The van der Waals surface area contributed by atoms with Crippen LogP contribution in [0.4, 0.5) is 13.2 Å². The fourth-order valence-electron chi connectivity index (χ4n) is 3.62. The van der Waals surface area contributed by atoms with Crippen molar-refractivity contribution in [3.63, 3.8) is 0 Å². The van der Waals surface area contributed by atoms with Crippen molar-refractivity contribution in [3.05, 3.63) is 83.4 Å². The standard InChI is InChI=1S/C26H19F3N4O3/c27-26(28,29)22-13-18(9-10-21(22)20-4-2-1-3-19(20)14-30)25-32-24(33-36-25)17-7-5-16(6-8-17)15-31-12-11-23(34)35/h1-10,13,31H,11-12,15H2,(H,34,35). The molecule has 0 saturated heterocycles. The molecule has 0 unspecified atom stereocenters. The summed E-state index contributed by atoms with van der Waals surface area (Å²) in [6, 6.07) is 18.8. The molecule has 2 N–H and O–H groups in total. The maximum absolute atomic E-state index is 13.9. The molecule has 0 saturated carbocycles. The second kappa shape index (κ2) is 10.4. The Labute approximate surface area is 203 Å². The lowest BCUT2D eigenvalue weighted by Gasteiger charge is -2.14. The van der Waals surface area contributed by atoms with Gasteiger partial charge in [-0.2, -0.15) is 23.4 Å². The molecule has 10 heteroatoms. The van der Waals surface area contributed by atoms with E-state index in [9.17, 15) is 23.2 Å². The Kier molecular flexibility index (Phi) is 7.12. The molecule has 4 aromatic rings. The van der Waals surface area contributed by atoms with E-state index in [2.05, 4.69) is 15.5 Å². The van der Waals surface area contributed by atoms with Crippen LogP contribution in [0.2, 0.25) is 0 Å². The summed E-state index contributed by atoms with van der Waals surface area (Å²) in [5.41, 5.74) is 0.904. The Balaban J connectivity index is 1.58. The van der Waals surface area contributed by atoms with Crippen LogP contribution in [-0.2, 0) is 17.5 Å². The van der Waals surface area contributed by atoms with Crippen LogP contribution in [0, 0.1) is 11.3 Å². The second-order valence-corrected chi connectivity index (χ2v) is 7.86. The molecule has 36 heavy (non-hydrogen) atoms. The van der Waals surface area contributed by atoms with Gasteiger partial charge in [-0.25, -0.2) is 0 Å². The predicted molar refractivity (Wildman–Crippen MR) is 124 cm³/mol. The first kappa shape index (κ1) is 24.6. The maximum atomic E-state index is 13.9. The van der Waals surface area contributed by atoms with Gasteiger partial charge in [-0.3, -0.25) is 4.79 Å². The van der Waals surface area contributed by atoms with E-state index in [0.29, 0.717) is 18.7 Å². The molecular formula is C26H19F3N4O3. The highest BCUT2D eigenvalue weighted by Crippen LogP contribution is 2.40.